The van der Waals surface area contributed by atoms with Gasteiger partial charge in [0.25, 0.3) is 0 Å². The molecule has 0 aromatic heterocycles. The van der Waals surface area contributed by atoms with Crippen molar-refractivity contribution < 1.29 is 30.0 Å². The van der Waals surface area contributed by atoms with E-state index in [4.69, 9.17) is 0 Å². The fraction of sp³-hybridized carbons (Fsp3) is 0.429. The third-order valence-corrected chi connectivity index (χ3v) is 3.72. The summed E-state index contributed by atoms with van der Waals surface area (Å²) in [5.74, 6) is 0.210. The van der Waals surface area contributed by atoms with Crippen molar-refractivity contribution in [2.75, 3.05) is 6.54 Å². The van der Waals surface area contributed by atoms with Gasteiger partial charge in [-0.05, 0) is 17.0 Å². The minimum Gasteiger partial charge on any atom is -0.620 e. The number of imide groups is 1. The molecule has 1 aromatic rings. The van der Waals surface area contributed by atoms with E-state index >= 15 is 0 Å². The van der Waals surface area contributed by atoms with Crippen LogP contribution in [-0.2, 0) is 25.2 Å². The number of carbonyl (C=O) groups excluding carboxylic acids is 2. The van der Waals surface area contributed by atoms with Crippen molar-refractivity contribution in [3.05, 3.63) is 34.8 Å². The van der Waals surface area contributed by atoms with Crippen LogP contribution in [0.3, 0.4) is 0 Å². The van der Waals surface area contributed by atoms with Crippen molar-refractivity contribution in [3.63, 3.8) is 0 Å². The number of hydrogen-bond acceptors (Lipinski definition) is 3. The van der Waals surface area contributed by atoms with Crippen LogP contribution < -0.4 is 10.7 Å². The van der Waals surface area contributed by atoms with Gasteiger partial charge in [0, 0.05) is 33.4 Å². The van der Waals surface area contributed by atoms with Gasteiger partial charge in [0.1, 0.15) is 0 Å². The Bertz CT molecular complexity index is 576. The average Bonchev–Trinajstić information content (AvgIpc) is 2.81. The van der Waals surface area contributed by atoms with Crippen LogP contribution in [0.1, 0.15) is 43.5 Å². The van der Waals surface area contributed by atoms with E-state index in [0.29, 0.717) is 18.9 Å². The zero-order chi connectivity index (χ0) is 14.3. The second-order valence-corrected chi connectivity index (χ2v) is 5.41. The van der Waals surface area contributed by atoms with Crippen LogP contribution >= 0.6 is 0 Å². The summed E-state index contributed by atoms with van der Waals surface area (Å²) in [7, 11) is 0. The standard InChI is InChI=1S/C14H17N4O2.Re/c1-8(2)9-3-4-10-11(7-9)16-17-13(10)18-6-5-12(19)15-14(18)20;/h3-4,7-8,13,17H,5-6H2,1-2H3,(H,15,19,20);/q-1;. The Morgan fingerprint density at radius 1 is 1.33 bits per heavy atom. The van der Waals surface area contributed by atoms with Gasteiger partial charge in [-0.3, -0.25) is 10.1 Å². The van der Waals surface area contributed by atoms with E-state index in [1.165, 1.54) is 5.56 Å². The minimum absolute atomic E-state index is 0. The third kappa shape index (κ3) is 2.96. The first-order chi connectivity index (χ1) is 9.56. The van der Waals surface area contributed by atoms with Crippen molar-refractivity contribution >= 4 is 17.6 Å². The normalized spacial score (nSPS) is 20.7. The Kier molecular flexibility index (Phi) is 4.67. The van der Waals surface area contributed by atoms with E-state index in [2.05, 4.69) is 36.1 Å². The number of benzene rings is 1. The van der Waals surface area contributed by atoms with E-state index in [1.807, 2.05) is 12.1 Å². The summed E-state index contributed by atoms with van der Waals surface area (Å²) >= 11 is 0. The Morgan fingerprint density at radius 3 is 2.76 bits per heavy atom. The Morgan fingerprint density at radius 2 is 2.10 bits per heavy atom. The second-order valence-electron chi connectivity index (χ2n) is 5.41. The van der Waals surface area contributed by atoms with E-state index in [-0.39, 0.29) is 38.5 Å². The first-order valence-electron chi connectivity index (χ1n) is 6.77. The van der Waals surface area contributed by atoms with Gasteiger partial charge in [0.15, 0.2) is 0 Å². The number of rotatable bonds is 2. The molecule has 0 aliphatic carbocycles. The fourth-order valence-corrected chi connectivity index (χ4v) is 2.51. The first-order valence-corrected chi connectivity index (χ1v) is 6.77. The number of urea groups is 1. The molecule has 7 heteroatoms. The van der Waals surface area contributed by atoms with Crippen LogP contribution in [0.25, 0.3) is 5.43 Å². The molecule has 2 heterocycles. The van der Waals surface area contributed by atoms with Gasteiger partial charge in [-0.25, -0.2) is 4.79 Å². The first kappa shape index (κ1) is 16.0. The van der Waals surface area contributed by atoms with Gasteiger partial charge >= 0.3 is 6.03 Å². The smallest absolute Gasteiger partial charge is 0.325 e. The SMILES string of the molecule is CC(C)c1ccc2c(c1)[N-]NC2N1CCC(=O)NC1=O.[Re]. The number of nitrogens with one attached hydrogen (secondary N) is 2. The maximum absolute atomic E-state index is 11.9. The molecule has 0 saturated carbocycles. The van der Waals surface area contributed by atoms with Crippen LogP contribution in [-0.4, -0.2) is 23.4 Å². The van der Waals surface area contributed by atoms with Crippen molar-refractivity contribution in [2.24, 2.45) is 0 Å². The molecule has 1 radical (unpaired) electrons. The van der Waals surface area contributed by atoms with Crippen LogP contribution in [0, 0.1) is 0 Å². The van der Waals surface area contributed by atoms with Crippen LogP contribution in [0.4, 0.5) is 10.5 Å². The maximum atomic E-state index is 11.9. The third-order valence-electron chi connectivity index (χ3n) is 3.72. The molecular weight excluding hydrogens is 442 g/mol. The number of carbonyl (C=O) groups is 2. The van der Waals surface area contributed by atoms with Crippen molar-refractivity contribution in [3.8, 4) is 0 Å². The molecular formula is C14H17N4O2Re-. The average molecular weight is 460 g/mol. The summed E-state index contributed by atoms with van der Waals surface area (Å²) in [5, 5.41) is 2.33. The molecule has 3 amide bonds. The van der Waals surface area contributed by atoms with Crippen LogP contribution in [0.15, 0.2) is 18.2 Å². The summed E-state index contributed by atoms with van der Waals surface area (Å²) in [6, 6.07) is 5.74. The maximum Gasteiger partial charge on any atom is 0.325 e. The van der Waals surface area contributed by atoms with Crippen molar-refractivity contribution in [1.29, 1.82) is 0 Å². The van der Waals surface area contributed by atoms with Crippen molar-refractivity contribution in [1.82, 2.24) is 15.6 Å². The molecule has 2 N–H and O–H groups in total. The molecule has 3 rings (SSSR count). The van der Waals surface area contributed by atoms with E-state index in [1.54, 1.807) is 4.90 Å². The van der Waals surface area contributed by atoms with Crippen molar-refractivity contribution in [2.45, 2.75) is 32.4 Å². The molecule has 1 atom stereocenters. The quantitative estimate of drug-likeness (QED) is 0.713. The number of fused-ring (bicyclic) bond motifs is 1. The Labute approximate surface area is 137 Å². The number of amides is 3. The molecule has 2 aliphatic rings. The molecule has 21 heavy (non-hydrogen) atoms. The van der Waals surface area contributed by atoms with Crippen LogP contribution in [0.2, 0.25) is 0 Å². The predicted molar refractivity (Wildman–Crippen MR) is 74.3 cm³/mol. The Balaban J connectivity index is 0.00000161. The molecule has 0 spiro atoms. The molecule has 1 unspecified atom stereocenters. The van der Waals surface area contributed by atoms with Gasteiger partial charge in [0.2, 0.25) is 5.91 Å². The summed E-state index contributed by atoms with van der Waals surface area (Å²) in [5.41, 5.74) is 10.3. The van der Waals surface area contributed by atoms with Gasteiger partial charge in [-0.2, -0.15) is 0 Å². The van der Waals surface area contributed by atoms with E-state index in [0.717, 1.165) is 11.3 Å². The molecule has 6 nitrogen and oxygen atoms in total. The zero-order valence-corrected chi connectivity index (χ0v) is 14.6. The summed E-state index contributed by atoms with van der Waals surface area (Å²) in [6.07, 6.45) is 0.0304. The molecule has 2 aliphatic heterocycles. The second kappa shape index (κ2) is 6.14. The zero-order valence-electron chi connectivity index (χ0n) is 11.9. The molecule has 1 aromatic carbocycles. The number of hydrogen-bond donors (Lipinski definition) is 2. The van der Waals surface area contributed by atoms with E-state index < -0.39 is 0 Å². The van der Waals surface area contributed by atoms with Gasteiger partial charge < -0.3 is 15.8 Å². The summed E-state index contributed by atoms with van der Waals surface area (Å²) in [4.78, 5) is 24.7. The summed E-state index contributed by atoms with van der Waals surface area (Å²) < 4.78 is 0. The molecule has 1 saturated heterocycles. The molecule has 0 bridgehead atoms. The van der Waals surface area contributed by atoms with Gasteiger partial charge in [-0.1, -0.05) is 32.0 Å². The molecule has 113 valence electrons. The number of nitrogens with zero attached hydrogens (tertiary/aromatic N) is 2. The largest absolute Gasteiger partial charge is 0.620 e. The summed E-state index contributed by atoms with van der Waals surface area (Å²) in [6.45, 7) is 4.67. The van der Waals surface area contributed by atoms with Gasteiger partial charge in [-0.15, -0.1) is 5.69 Å². The Hall–Kier alpha value is -1.42. The van der Waals surface area contributed by atoms with Crippen LogP contribution in [0.5, 0.6) is 0 Å². The predicted octanol–water partition coefficient (Wildman–Crippen LogP) is 2.27. The molecule has 1 fully saturated rings. The van der Waals surface area contributed by atoms with E-state index in [9.17, 15) is 9.59 Å². The monoisotopic (exact) mass is 460 g/mol. The minimum atomic E-state index is -0.366. The topological polar surface area (TPSA) is 75.5 Å². The van der Waals surface area contributed by atoms with Gasteiger partial charge in [0.05, 0.1) is 6.17 Å². The fourth-order valence-electron chi connectivity index (χ4n) is 2.51.